The topological polar surface area (TPSA) is 112 Å². The van der Waals surface area contributed by atoms with Gasteiger partial charge < -0.3 is 25.0 Å². The third kappa shape index (κ3) is 7.33. The van der Waals surface area contributed by atoms with Crippen LogP contribution >= 0.6 is 0 Å². The molecule has 0 unspecified atom stereocenters. The lowest BCUT2D eigenvalue weighted by Crippen LogP contribution is -2.17. The van der Waals surface area contributed by atoms with Gasteiger partial charge in [-0.3, -0.25) is 14.8 Å². The predicted molar refractivity (Wildman–Crippen MR) is 167 cm³/mol. The largest absolute Gasteiger partial charge is 0.492 e. The smallest absolute Gasteiger partial charge is 0.224 e. The molecule has 0 aliphatic carbocycles. The molecule has 0 spiro atoms. The van der Waals surface area contributed by atoms with Gasteiger partial charge in [0, 0.05) is 36.0 Å². The average molecular weight is 567 g/mol. The van der Waals surface area contributed by atoms with Crippen LogP contribution in [0.4, 0.5) is 17.1 Å². The van der Waals surface area contributed by atoms with Crippen LogP contribution in [0.2, 0.25) is 0 Å². The summed E-state index contributed by atoms with van der Waals surface area (Å²) in [6.07, 6.45) is 4.44. The van der Waals surface area contributed by atoms with Crippen molar-refractivity contribution in [1.29, 1.82) is 5.26 Å². The van der Waals surface area contributed by atoms with Crippen molar-refractivity contribution in [1.82, 2.24) is 14.9 Å². The minimum Gasteiger partial charge on any atom is -0.492 e. The zero-order valence-corrected chi connectivity index (χ0v) is 25.2. The number of amides is 1. The van der Waals surface area contributed by atoms with Gasteiger partial charge in [0.05, 0.1) is 34.8 Å². The van der Waals surface area contributed by atoms with E-state index in [1.165, 1.54) is 0 Å². The van der Waals surface area contributed by atoms with Gasteiger partial charge in [0.2, 0.25) is 5.91 Å². The van der Waals surface area contributed by atoms with Gasteiger partial charge in [0.25, 0.3) is 0 Å². The molecule has 0 aliphatic heterocycles. The molecule has 42 heavy (non-hydrogen) atoms. The number of nitrogens with zero attached hydrogens (tertiary/aromatic N) is 4. The molecule has 0 aliphatic rings. The average Bonchev–Trinajstić information content (AvgIpc) is 2.94. The summed E-state index contributed by atoms with van der Waals surface area (Å²) in [6, 6.07) is 13.8. The highest BCUT2D eigenvalue weighted by Crippen LogP contribution is 2.37. The quantitative estimate of drug-likeness (QED) is 0.202. The number of pyridine rings is 2. The molecule has 2 aromatic heterocycles. The Morgan fingerprint density at radius 1 is 1.05 bits per heavy atom. The van der Waals surface area contributed by atoms with E-state index in [4.69, 9.17) is 9.47 Å². The summed E-state index contributed by atoms with van der Waals surface area (Å²) in [6.45, 7) is 9.52. The fourth-order valence-electron chi connectivity index (χ4n) is 4.78. The van der Waals surface area contributed by atoms with Gasteiger partial charge in [-0.15, -0.1) is 0 Å². The molecule has 0 saturated heterocycles. The third-order valence-corrected chi connectivity index (χ3v) is 6.87. The Labute approximate surface area is 247 Å². The summed E-state index contributed by atoms with van der Waals surface area (Å²) < 4.78 is 12.0. The van der Waals surface area contributed by atoms with Crippen molar-refractivity contribution >= 4 is 33.9 Å². The second kappa shape index (κ2) is 13.8. The number of fused-ring (bicyclic) bond motifs is 1. The second-order valence-corrected chi connectivity index (χ2v) is 10.5. The molecule has 2 aromatic carbocycles. The van der Waals surface area contributed by atoms with Gasteiger partial charge in [-0.1, -0.05) is 6.07 Å². The number of nitriles is 1. The molecule has 1 amide bonds. The first-order valence-electron chi connectivity index (χ1n) is 14.1. The Kier molecular flexibility index (Phi) is 9.94. The first kappa shape index (κ1) is 30.3. The van der Waals surface area contributed by atoms with E-state index in [1.54, 1.807) is 18.5 Å². The van der Waals surface area contributed by atoms with E-state index >= 15 is 0 Å². The molecule has 0 bridgehead atoms. The molecule has 2 N–H and O–H groups in total. The molecule has 0 saturated carbocycles. The normalized spacial score (nSPS) is 10.9. The molecule has 9 nitrogen and oxygen atoms in total. The van der Waals surface area contributed by atoms with E-state index in [9.17, 15) is 10.1 Å². The summed E-state index contributed by atoms with van der Waals surface area (Å²) in [7, 11) is 3.96. The van der Waals surface area contributed by atoms with Crippen molar-refractivity contribution in [3.63, 3.8) is 0 Å². The van der Waals surface area contributed by atoms with E-state index in [1.807, 2.05) is 77.0 Å². The molecular weight excluding hydrogens is 528 g/mol. The first-order valence-corrected chi connectivity index (χ1v) is 14.1. The number of nitrogens with one attached hydrogen (secondary N) is 2. The predicted octanol–water partition coefficient (Wildman–Crippen LogP) is 6.43. The van der Waals surface area contributed by atoms with Crippen LogP contribution in [0.5, 0.6) is 11.5 Å². The molecule has 2 heterocycles. The zero-order chi connectivity index (χ0) is 30.2. The van der Waals surface area contributed by atoms with Gasteiger partial charge in [-0.2, -0.15) is 5.26 Å². The number of rotatable bonds is 12. The maximum atomic E-state index is 12.8. The molecule has 0 atom stereocenters. The number of aryl methyl sites for hydroxylation is 3. The second-order valence-electron chi connectivity index (χ2n) is 10.5. The van der Waals surface area contributed by atoms with Gasteiger partial charge in [-0.05, 0) is 95.7 Å². The van der Waals surface area contributed by atoms with Crippen LogP contribution in [0.15, 0.2) is 48.8 Å². The first-order chi connectivity index (χ1) is 20.2. The van der Waals surface area contributed by atoms with Crippen LogP contribution in [0.25, 0.3) is 10.9 Å². The number of aromatic nitrogens is 2. The summed E-state index contributed by atoms with van der Waals surface area (Å²) in [5.41, 5.74) is 6.85. The Morgan fingerprint density at radius 3 is 2.48 bits per heavy atom. The summed E-state index contributed by atoms with van der Waals surface area (Å²) >= 11 is 0. The molecule has 218 valence electrons. The lowest BCUT2D eigenvalue weighted by Gasteiger charge is -2.18. The van der Waals surface area contributed by atoms with Crippen molar-refractivity contribution in [3.8, 4) is 17.6 Å². The summed E-state index contributed by atoms with van der Waals surface area (Å²) in [4.78, 5) is 23.8. The Hall–Kier alpha value is -4.68. The Bertz CT molecular complexity index is 1600. The fraction of sp³-hybridized carbons (Fsp3) is 0.333. The highest BCUT2D eigenvalue weighted by atomic mass is 16.5. The standard InChI is InChI=1S/C33H38N6O3/c1-7-41-30-17-27-26(16-28(30)38-31(40)11-9-13-39(5)6)32(24(18-34)19-36-27)37-25-14-22(3)33(23(4)15-25)42-20-29-21(2)10-8-12-35-29/h8,10,12,14-17,19H,7,9,11,13,20H2,1-6H3,(H,36,37)(H,38,40). The van der Waals surface area contributed by atoms with E-state index in [2.05, 4.69) is 26.7 Å². The number of carbonyl (C=O) groups excluding carboxylic acids is 1. The van der Waals surface area contributed by atoms with Crippen LogP contribution in [-0.2, 0) is 11.4 Å². The van der Waals surface area contributed by atoms with Crippen molar-refractivity contribution < 1.29 is 14.3 Å². The lowest BCUT2D eigenvalue weighted by molar-refractivity contribution is -0.116. The Balaban J connectivity index is 1.66. The van der Waals surface area contributed by atoms with Gasteiger partial charge in [0.1, 0.15) is 24.2 Å². The van der Waals surface area contributed by atoms with Crippen LogP contribution < -0.4 is 20.1 Å². The number of ether oxygens (including phenoxy) is 2. The summed E-state index contributed by atoms with van der Waals surface area (Å²) in [5.74, 6) is 1.23. The molecule has 0 radical (unpaired) electrons. The highest BCUT2D eigenvalue weighted by Gasteiger charge is 2.17. The van der Waals surface area contributed by atoms with E-state index in [0.29, 0.717) is 53.2 Å². The highest BCUT2D eigenvalue weighted by molar-refractivity contribution is 6.02. The number of benzene rings is 2. The molecular formula is C33H38N6O3. The Morgan fingerprint density at radius 2 is 1.81 bits per heavy atom. The van der Waals surface area contributed by atoms with Crippen LogP contribution in [0.3, 0.4) is 0 Å². The fourth-order valence-corrected chi connectivity index (χ4v) is 4.78. The maximum absolute atomic E-state index is 12.8. The van der Waals surface area contributed by atoms with Gasteiger partial charge in [-0.25, -0.2) is 0 Å². The lowest BCUT2D eigenvalue weighted by atomic mass is 10.1. The molecule has 9 heteroatoms. The molecule has 4 aromatic rings. The third-order valence-electron chi connectivity index (χ3n) is 6.87. The van der Waals surface area contributed by atoms with Gasteiger partial charge >= 0.3 is 0 Å². The number of hydrogen-bond donors (Lipinski definition) is 2. The zero-order valence-electron chi connectivity index (χ0n) is 25.2. The van der Waals surface area contributed by atoms with Crippen molar-refractivity contribution in [2.75, 3.05) is 37.9 Å². The minimum atomic E-state index is -0.0983. The van der Waals surface area contributed by atoms with E-state index in [0.717, 1.165) is 46.8 Å². The minimum absolute atomic E-state index is 0.0983. The maximum Gasteiger partial charge on any atom is 0.224 e. The van der Waals surface area contributed by atoms with Crippen LogP contribution in [0, 0.1) is 32.1 Å². The van der Waals surface area contributed by atoms with E-state index in [-0.39, 0.29) is 5.91 Å². The number of carbonyl (C=O) groups is 1. The monoisotopic (exact) mass is 566 g/mol. The van der Waals surface area contributed by atoms with Crippen LogP contribution in [0.1, 0.15) is 47.7 Å². The number of hydrogen-bond acceptors (Lipinski definition) is 8. The number of anilines is 3. The molecule has 0 fully saturated rings. The van der Waals surface area contributed by atoms with Crippen molar-refractivity contribution in [2.45, 2.75) is 47.1 Å². The molecule has 4 rings (SSSR count). The summed E-state index contributed by atoms with van der Waals surface area (Å²) in [5, 5.41) is 17.1. The van der Waals surface area contributed by atoms with Crippen molar-refractivity contribution in [2.24, 2.45) is 0 Å². The van der Waals surface area contributed by atoms with Gasteiger partial charge in [0.15, 0.2) is 0 Å². The SMILES string of the molecule is CCOc1cc2ncc(C#N)c(Nc3cc(C)c(OCc4ncccc4C)c(C)c3)c2cc1NC(=O)CCCN(C)C. The van der Waals surface area contributed by atoms with Crippen molar-refractivity contribution in [3.05, 3.63) is 76.7 Å². The van der Waals surface area contributed by atoms with E-state index < -0.39 is 0 Å². The van der Waals surface area contributed by atoms with Crippen LogP contribution in [-0.4, -0.2) is 48.0 Å².